The van der Waals surface area contributed by atoms with Gasteiger partial charge >= 0.3 is 10.2 Å². The number of halogens is 2. The third kappa shape index (κ3) is 9.56. The minimum Gasteiger partial charge on any atom is -0.390 e. The number of piperidine rings is 3. The molecule has 0 aliphatic carbocycles. The van der Waals surface area contributed by atoms with Crippen LogP contribution in [0.2, 0.25) is 0 Å². The molecule has 1 atom stereocenters. The lowest BCUT2D eigenvalue weighted by atomic mass is 9.86. The highest BCUT2D eigenvalue weighted by Crippen LogP contribution is 2.33. The highest BCUT2D eigenvalue weighted by molar-refractivity contribution is 7.90. The Labute approximate surface area is 363 Å². The number of nitrogens with one attached hydrogen (secondary N) is 4. The van der Waals surface area contributed by atoms with Gasteiger partial charge in [-0.05, 0) is 93.4 Å². The number of aromatic amines is 1. The molecule has 5 aromatic rings. The first-order valence-corrected chi connectivity index (χ1v) is 22.6. The lowest BCUT2D eigenvalue weighted by Gasteiger charge is -2.40. The van der Waals surface area contributed by atoms with E-state index in [0.29, 0.717) is 79.2 Å². The van der Waals surface area contributed by atoms with Crippen molar-refractivity contribution in [3.05, 3.63) is 95.6 Å². The first-order chi connectivity index (χ1) is 30.2. The second kappa shape index (κ2) is 18.1. The van der Waals surface area contributed by atoms with Crippen molar-refractivity contribution in [2.24, 2.45) is 0 Å². The van der Waals surface area contributed by atoms with Crippen LogP contribution in [0.5, 0.6) is 0 Å². The molecule has 0 bridgehead atoms. The molecular formula is C44H50F2N10O6S. The molecule has 8 rings (SSSR count). The van der Waals surface area contributed by atoms with Gasteiger partial charge in [0.25, 0.3) is 0 Å². The Morgan fingerprint density at radius 3 is 2.35 bits per heavy atom. The number of H-pyrrole nitrogens is 1. The normalized spacial score (nSPS) is 18.8. The molecule has 5 N–H and O–H groups in total. The van der Waals surface area contributed by atoms with E-state index >= 15 is 8.78 Å². The van der Waals surface area contributed by atoms with E-state index in [-0.39, 0.29) is 23.9 Å². The number of likely N-dealkylation sites (tertiary alicyclic amines) is 1. The maximum atomic E-state index is 15.6. The van der Waals surface area contributed by atoms with Crippen molar-refractivity contribution in [1.29, 1.82) is 0 Å². The summed E-state index contributed by atoms with van der Waals surface area (Å²) in [6.07, 6.45) is 10.8. The Morgan fingerprint density at radius 2 is 1.67 bits per heavy atom. The van der Waals surface area contributed by atoms with Crippen LogP contribution in [0.15, 0.2) is 67.3 Å². The van der Waals surface area contributed by atoms with E-state index in [4.69, 9.17) is 0 Å². The van der Waals surface area contributed by atoms with Gasteiger partial charge in [-0.2, -0.15) is 12.7 Å². The summed E-state index contributed by atoms with van der Waals surface area (Å²) in [5, 5.41) is 17.5. The molecule has 3 aromatic heterocycles. The summed E-state index contributed by atoms with van der Waals surface area (Å²) in [5.41, 5.74) is 1.25. The summed E-state index contributed by atoms with van der Waals surface area (Å²) in [5.74, 6) is -3.05. The van der Waals surface area contributed by atoms with Crippen LogP contribution in [0.4, 0.5) is 26.1 Å². The van der Waals surface area contributed by atoms with Crippen molar-refractivity contribution >= 4 is 56.2 Å². The summed E-state index contributed by atoms with van der Waals surface area (Å²) < 4.78 is 58.8. The molecule has 19 heteroatoms. The molecule has 0 saturated carbocycles. The van der Waals surface area contributed by atoms with Crippen molar-refractivity contribution < 1.29 is 36.7 Å². The number of fused-ring (bicyclic) bond motifs is 1. The second-order valence-corrected chi connectivity index (χ2v) is 18.4. The first kappa shape index (κ1) is 43.7. The predicted molar refractivity (Wildman–Crippen MR) is 233 cm³/mol. The molecule has 332 valence electrons. The van der Waals surface area contributed by atoms with Gasteiger partial charge in [0.2, 0.25) is 23.5 Å². The number of aromatic nitrogens is 4. The van der Waals surface area contributed by atoms with E-state index in [1.807, 2.05) is 17.0 Å². The molecule has 16 nitrogen and oxygen atoms in total. The Hall–Kier alpha value is -5.89. The van der Waals surface area contributed by atoms with Crippen LogP contribution in [-0.4, -0.2) is 118 Å². The monoisotopic (exact) mass is 884 g/mol. The topological polar surface area (TPSA) is 206 Å². The lowest BCUT2D eigenvalue weighted by molar-refractivity contribution is -0.133. The Morgan fingerprint density at radius 1 is 0.968 bits per heavy atom. The maximum absolute atomic E-state index is 15.6. The van der Waals surface area contributed by atoms with Crippen molar-refractivity contribution in [3.8, 4) is 11.1 Å². The third-order valence-corrected chi connectivity index (χ3v) is 14.1. The molecule has 6 heterocycles. The van der Waals surface area contributed by atoms with Crippen LogP contribution in [-0.2, 0) is 19.8 Å². The molecule has 3 aliphatic rings. The number of aliphatic hydroxyl groups is 1. The fraction of sp³-hybridized carbons (Fsp3) is 0.409. The number of imide groups is 1. The van der Waals surface area contributed by atoms with Gasteiger partial charge in [-0.25, -0.2) is 23.7 Å². The number of rotatable bonds is 14. The van der Waals surface area contributed by atoms with E-state index in [0.717, 1.165) is 54.6 Å². The molecule has 2 aromatic carbocycles. The summed E-state index contributed by atoms with van der Waals surface area (Å²) in [4.78, 5) is 58.2. The highest BCUT2D eigenvalue weighted by atomic mass is 32.2. The average Bonchev–Trinajstić information content (AvgIpc) is 3.72. The van der Waals surface area contributed by atoms with E-state index in [9.17, 15) is 27.9 Å². The van der Waals surface area contributed by atoms with E-state index in [1.165, 1.54) is 18.8 Å². The highest BCUT2D eigenvalue weighted by Gasteiger charge is 2.34. The quantitative estimate of drug-likeness (QED) is 0.0742. The summed E-state index contributed by atoms with van der Waals surface area (Å²) in [7, 11) is -2.85. The predicted octanol–water partition coefficient (Wildman–Crippen LogP) is 4.96. The van der Waals surface area contributed by atoms with Crippen molar-refractivity contribution in [2.45, 2.75) is 69.4 Å². The van der Waals surface area contributed by atoms with E-state index in [2.05, 4.69) is 52.3 Å². The van der Waals surface area contributed by atoms with Crippen LogP contribution in [0.3, 0.4) is 0 Å². The van der Waals surface area contributed by atoms with Gasteiger partial charge in [-0.15, -0.1) is 0 Å². The minimum absolute atomic E-state index is 0.0594. The number of ketones is 1. The molecule has 0 spiro atoms. The van der Waals surface area contributed by atoms with Gasteiger partial charge < -0.3 is 25.2 Å². The Bertz CT molecular complexity index is 2610. The molecular weight excluding hydrogens is 835 g/mol. The number of anilines is 3. The SMILES string of the molecule is CCN(C)S(=O)(=O)Nc1ccc(F)c(C(=O)c2c[nH]c3ncc(-c4cnc(N5CCC(O)(CCN6CCC(c7ccc(NC8CCC(=O)NC8=O)cc7)CC6)CC5)nc4)cc23)c1F. The zero-order chi connectivity index (χ0) is 44.5. The molecule has 0 radical (unpaired) electrons. The van der Waals surface area contributed by atoms with Gasteiger partial charge in [-0.3, -0.25) is 24.4 Å². The molecule has 3 fully saturated rings. The second-order valence-electron chi connectivity index (χ2n) is 16.6. The number of carbonyl (C=O) groups is 3. The molecule has 3 aliphatic heterocycles. The standard InChI is InChI=1S/C44H50F2N10O6S/c1-3-54(2)63(61,62)53-35-9-8-34(45)38(39(35)46)40(58)33-26-48-41-32(33)22-29(23-47-41)30-24-49-43(50-25-30)56-20-15-44(60,16-21-56)14-19-55-17-12-28(13-18-55)27-4-6-31(7-5-27)51-36-10-11-37(57)52-42(36)59/h4-9,22-26,28,36,51,53,60H,3,10-21H2,1-2H3,(H,47,48)(H,52,57,59). The van der Waals surface area contributed by atoms with E-state index < -0.39 is 50.5 Å². The van der Waals surface area contributed by atoms with Gasteiger partial charge in [-0.1, -0.05) is 19.1 Å². The van der Waals surface area contributed by atoms with Crippen LogP contribution >= 0.6 is 0 Å². The summed E-state index contributed by atoms with van der Waals surface area (Å²) >= 11 is 0. The maximum Gasteiger partial charge on any atom is 0.301 e. The van der Waals surface area contributed by atoms with Crippen LogP contribution in [0.25, 0.3) is 22.2 Å². The minimum atomic E-state index is -4.15. The van der Waals surface area contributed by atoms with Crippen molar-refractivity contribution in [1.82, 2.24) is 34.5 Å². The number of nitrogens with zero attached hydrogens (tertiary/aromatic N) is 6. The summed E-state index contributed by atoms with van der Waals surface area (Å²) in [6, 6.07) is 11.2. The largest absolute Gasteiger partial charge is 0.390 e. The van der Waals surface area contributed by atoms with Gasteiger partial charge in [0.1, 0.15) is 17.5 Å². The lowest BCUT2D eigenvalue weighted by Crippen LogP contribution is -2.47. The average molecular weight is 885 g/mol. The molecule has 63 heavy (non-hydrogen) atoms. The number of amides is 2. The zero-order valence-corrected chi connectivity index (χ0v) is 35.9. The van der Waals surface area contributed by atoms with Gasteiger partial charge in [0.05, 0.1) is 16.9 Å². The summed E-state index contributed by atoms with van der Waals surface area (Å²) in [6.45, 7) is 5.56. The van der Waals surface area contributed by atoms with Crippen LogP contribution in [0.1, 0.15) is 79.3 Å². The molecule has 2 amide bonds. The molecule has 3 saturated heterocycles. The fourth-order valence-electron chi connectivity index (χ4n) is 8.46. The number of hydrogen-bond acceptors (Lipinski definition) is 12. The number of pyridine rings is 1. The van der Waals surface area contributed by atoms with Crippen LogP contribution in [0, 0.1) is 11.6 Å². The number of hydrogen-bond donors (Lipinski definition) is 5. The smallest absolute Gasteiger partial charge is 0.301 e. The van der Waals surface area contributed by atoms with Crippen molar-refractivity contribution in [3.63, 3.8) is 0 Å². The van der Waals surface area contributed by atoms with E-state index in [1.54, 1.807) is 31.6 Å². The van der Waals surface area contributed by atoms with Gasteiger partial charge in [0.15, 0.2) is 5.82 Å². The van der Waals surface area contributed by atoms with Gasteiger partial charge in [0, 0.05) is 92.2 Å². The van der Waals surface area contributed by atoms with Crippen LogP contribution < -0.4 is 20.3 Å². The third-order valence-electron chi connectivity index (χ3n) is 12.6. The zero-order valence-electron chi connectivity index (χ0n) is 35.0. The number of carbonyl (C=O) groups excluding carboxylic acids is 3. The molecule has 1 unspecified atom stereocenters. The fourth-order valence-corrected chi connectivity index (χ4v) is 9.39. The first-order valence-electron chi connectivity index (χ1n) is 21.2. The number of benzene rings is 2. The Balaban J connectivity index is 0.834. The Kier molecular flexibility index (Phi) is 12.5. The van der Waals surface area contributed by atoms with Crippen molar-refractivity contribution in [2.75, 3.05) is 61.3 Å².